The molecule has 0 unspecified atom stereocenters. The van der Waals surface area contributed by atoms with Crippen LogP contribution < -0.4 is 5.32 Å². The summed E-state index contributed by atoms with van der Waals surface area (Å²) >= 11 is 3.53. The summed E-state index contributed by atoms with van der Waals surface area (Å²) < 4.78 is 9.10. The van der Waals surface area contributed by atoms with Crippen LogP contribution >= 0.6 is 15.9 Å². The average molecular weight is 460 g/mol. The average Bonchev–Trinajstić information content (AvgIpc) is 3.11. The van der Waals surface area contributed by atoms with Crippen molar-refractivity contribution in [3.63, 3.8) is 0 Å². The van der Waals surface area contributed by atoms with Crippen molar-refractivity contribution in [2.24, 2.45) is 7.05 Å². The molecule has 0 aliphatic heterocycles. The van der Waals surface area contributed by atoms with Gasteiger partial charge >= 0.3 is 5.97 Å². The number of anilines is 1. The van der Waals surface area contributed by atoms with Gasteiger partial charge in [-0.3, -0.25) is 14.2 Å². The Kier molecular flexibility index (Phi) is 5.88. The molecule has 0 radical (unpaired) electrons. The number of carbonyl (C=O) groups excluding carboxylic acids is 2. The quantitative estimate of drug-likeness (QED) is 0.590. The van der Waals surface area contributed by atoms with Crippen LogP contribution in [0.3, 0.4) is 0 Å². The monoisotopic (exact) mass is 459 g/mol. The molecule has 0 fully saturated rings. The molecule has 1 N–H and O–H groups in total. The molecular formula is C20H22BrN5O3. The van der Waals surface area contributed by atoms with Gasteiger partial charge in [0, 0.05) is 12.6 Å². The largest absolute Gasteiger partial charge is 0.464 e. The maximum atomic E-state index is 12.7. The molecule has 0 saturated carbocycles. The lowest BCUT2D eigenvalue weighted by Crippen LogP contribution is -2.17. The minimum Gasteiger partial charge on any atom is -0.464 e. The first-order chi connectivity index (χ1) is 13.7. The van der Waals surface area contributed by atoms with Crippen LogP contribution in [0.1, 0.15) is 43.5 Å². The second-order valence-corrected chi connectivity index (χ2v) is 7.51. The number of esters is 1. The Labute approximate surface area is 177 Å². The number of nitrogens with zero attached hydrogens (tertiary/aromatic N) is 4. The molecule has 2 heterocycles. The molecule has 0 aliphatic rings. The molecule has 0 atom stereocenters. The highest BCUT2D eigenvalue weighted by Crippen LogP contribution is 2.22. The zero-order valence-electron chi connectivity index (χ0n) is 16.9. The number of halogens is 1. The minimum absolute atomic E-state index is 0.199. The molecule has 3 aromatic rings. The highest BCUT2D eigenvalue weighted by molar-refractivity contribution is 9.10. The molecule has 9 heteroatoms. The Hall–Kier alpha value is -2.94. The number of ether oxygens (including phenoxy) is 1. The third kappa shape index (κ3) is 4.09. The number of aromatic nitrogens is 4. The topological polar surface area (TPSA) is 91.0 Å². The van der Waals surface area contributed by atoms with Crippen molar-refractivity contribution in [3.8, 4) is 0 Å². The highest BCUT2D eigenvalue weighted by Gasteiger charge is 2.22. The van der Waals surface area contributed by atoms with Gasteiger partial charge in [-0.25, -0.2) is 4.79 Å². The standard InChI is InChI=1S/C20H22BrN5O3/c1-11-16(21)13(3)26(24-11)10-14-6-8-15(9-7-14)19(27)22-17-12(2)23-25(4)18(17)20(28)29-5/h6-9H,10H2,1-5H3,(H,22,27). The Morgan fingerprint density at radius 2 is 1.76 bits per heavy atom. The van der Waals surface area contributed by atoms with Crippen molar-refractivity contribution in [3.05, 3.63) is 62.6 Å². The Balaban J connectivity index is 1.78. The van der Waals surface area contributed by atoms with Gasteiger partial charge in [-0.05, 0) is 54.4 Å². The van der Waals surface area contributed by atoms with Crippen molar-refractivity contribution in [1.82, 2.24) is 19.6 Å². The number of hydrogen-bond donors (Lipinski definition) is 1. The van der Waals surface area contributed by atoms with Gasteiger partial charge in [0.15, 0.2) is 5.69 Å². The number of methoxy groups -OCH3 is 1. The summed E-state index contributed by atoms with van der Waals surface area (Å²) in [4.78, 5) is 24.7. The number of benzene rings is 1. The lowest BCUT2D eigenvalue weighted by atomic mass is 10.1. The van der Waals surface area contributed by atoms with E-state index in [4.69, 9.17) is 4.74 Å². The number of hydrogen-bond acceptors (Lipinski definition) is 5. The van der Waals surface area contributed by atoms with E-state index >= 15 is 0 Å². The first-order valence-electron chi connectivity index (χ1n) is 8.94. The van der Waals surface area contributed by atoms with Crippen molar-refractivity contribution in [2.75, 3.05) is 12.4 Å². The molecule has 3 rings (SSSR count). The maximum absolute atomic E-state index is 12.7. The van der Waals surface area contributed by atoms with Crippen LogP contribution in [-0.2, 0) is 18.3 Å². The van der Waals surface area contributed by atoms with E-state index in [1.807, 2.05) is 30.7 Å². The molecule has 29 heavy (non-hydrogen) atoms. The van der Waals surface area contributed by atoms with Crippen molar-refractivity contribution < 1.29 is 14.3 Å². The first kappa shape index (κ1) is 20.8. The van der Waals surface area contributed by atoms with Gasteiger partial charge in [0.1, 0.15) is 0 Å². The van der Waals surface area contributed by atoms with E-state index in [0.29, 0.717) is 23.5 Å². The van der Waals surface area contributed by atoms with Crippen molar-refractivity contribution in [1.29, 1.82) is 0 Å². The normalized spacial score (nSPS) is 10.8. The molecule has 0 saturated heterocycles. The summed E-state index contributed by atoms with van der Waals surface area (Å²) in [6.45, 7) is 6.27. The molecule has 0 spiro atoms. The number of rotatable bonds is 5. The summed E-state index contributed by atoms with van der Waals surface area (Å²) in [5.41, 5.74) is 4.56. The predicted molar refractivity (Wildman–Crippen MR) is 112 cm³/mol. The summed E-state index contributed by atoms with van der Waals surface area (Å²) in [6, 6.07) is 7.26. The van der Waals surface area contributed by atoms with Gasteiger partial charge in [0.25, 0.3) is 5.91 Å². The third-order valence-electron chi connectivity index (χ3n) is 4.68. The molecule has 1 aromatic carbocycles. The summed E-state index contributed by atoms with van der Waals surface area (Å²) in [5.74, 6) is -0.888. The van der Waals surface area contributed by atoms with Gasteiger partial charge in [0.05, 0.1) is 40.9 Å². The molecule has 2 aromatic heterocycles. The van der Waals surface area contributed by atoms with Crippen LogP contribution in [-0.4, -0.2) is 38.5 Å². The number of carbonyl (C=O) groups is 2. The van der Waals surface area contributed by atoms with Crippen molar-refractivity contribution >= 4 is 33.5 Å². The molecule has 0 aliphatic carbocycles. The fourth-order valence-corrected chi connectivity index (χ4v) is 3.37. The number of amides is 1. The SMILES string of the molecule is COC(=O)c1c(NC(=O)c2ccc(Cn3nc(C)c(Br)c3C)cc2)c(C)nn1C. The van der Waals surface area contributed by atoms with E-state index in [-0.39, 0.29) is 11.6 Å². The van der Waals surface area contributed by atoms with Gasteiger partial charge in [-0.1, -0.05) is 12.1 Å². The smallest absolute Gasteiger partial charge is 0.358 e. The van der Waals surface area contributed by atoms with Crippen LogP contribution in [0.4, 0.5) is 5.69 Å². The van der Waals surface area contributed by atoms with Gasteiger partial charge in [-0.2, -0.15) is 10.2 Å². The zero-order chi connectivity index (χ0) is 21.3. The fraction of sp³-hybridized carbons (Fsp3) is 0.300. The van der Waals surface area contributed by atoms with E-state index in [1.54, 1.807) is 26.1 Å². The second kappa shape index (κ2) is 8.20. The minimum atomic E-state index is -0.560. The predicted octanol–water partition coefficient (Wildman–Crippen LogP) is 3.39. The highest BCUT2D eigenvalue weighted by atomic mass is 79.9. The van der Waals surface area contributed by atoms with Crippen LogP contribution in [0.5, 0.6) is 0 Å². The number of aryl methyl sites for hydroxylation is 3. The number of nitrogens with one attached hydrogen (secondary N) is 1. The zero-order valence-corrected chi connectivity index (χ0v) is 18.5. The maximum Gasteiger partial charge on any atom is 0.358 e. The Bertz CT molecular complexity index is 1080. The summed E-state index contributed by atoms with van der Waals surface area (Å²) in [7, 11) is 2.91. The first-order valence-corrected chi connectivity index (χ1v) is 9.74. The lowest BCUT2D eigenvalue weighted by Gasteiger charge is -2.09. The van der Waals surface area contributed by atoms with Crippen LogP contribution in [0.2, 0.25) is 0 Å². The Morgan fingerprint density at radius 1 is 1.10 bits per heavy atom. The Morgan fingerprint density at radius 3 is 2.31 bits per heavy atom. The molecular weight excluding hydrogens is 438 g/mol. The fourth-order valence-electron chi connectivity index (χ4n) is 3.09. The summed E-state index contributed by atoms with van der Waals surface area (Å²) in [6.07, 6.45) is 0. The van der Waals surface area contributed by atoms with E-state index in [2.05, 4.69) is 31.4 Å². The molecule has 152 valence electrons. The van der Waals surface area contributed by atoms with Gasteiger partial charge in [-0.15, -0.1) is 0 Å². The van der Waals surface area contributed by atoms with E-state index in [9.17, 15) is 9.59 Å². The van der Waals surface area contributed by atoms with Gasteiger partial charge < -0.3 is 10.1 Å². The van der Waals surface area contributed by atoms with Gasteiger partial charge in [0.2, 0.25) is 0 Å². The molecule has 0 bridgehead atoms. The van der Waals surface area contributed by atoms with Crippen LogP contribution in [0.25, 0.3) is 0 Å². The van der Waals surface area contributed by atoms with Crippen LogP contribution in [0.15, 0.2) is 28.7 Å². The second-order valence-electron chi connectivity index (χ2n) is 6.72. The van der Waals surface area contributed by atoms with E-state index in [0.717, 1.165) is 21.4 Å². The lowest BCUT2D eigenvalue weighted by molar-refractivity contribution is 0.0589. The third-order valence-corrected chi connectivity index (χ3v) is 5.83. The van der Waals surface area contributed by atoms with Crippen LogP contribution in [0, 0.1) is 20.8 Å². The van der Waals surface area contributed by atoms with E-state index in [1.165, 1.54) is 11.8 Å². The summed E-state index contributed by atoms with van der Waals surface area (Å²) in [5, 5.41) is 11.5. The molecule has 8 nitrogen and oxygen atoms in total. The molecule has 1 amide bonds. The van der Waals surface area contributed by atoms with Crippen molar-refractivity contribution in [2.45, 2.75) is 27.3 Å². The van der Waals surface area contributed by atoms with E-state index < -0.39 is 5.97 Å².